The zero-order chi connectivity index (χ0) is 26.7. The maximum Gasteiger partial charge on any atom is 0.260 e. The van der Waals surface area contributed by atoms with Crippen molar-refractivity contribution in [1.29, 1.82) is 0 Å². The van der Waals surface area contributed by atoms with Crippen molar-refractivity contribution in [1.82, 2.24) is 9.80 Å². The summed E-state index contributed by atoms with van der Waals surface area (Å²) in [5.74, 6) is 0.611. The molecule has 0 spiro atoms. The molecule has 0 unspecified atom stereocenters. The third-order valence-electron chi connectivity index (χ3n) is 8.34. The molecule has 1 heterocycles. The Kier molecular flexibility index (Phi) is 8.87. The van der Waals surface area contributed by atoms with Crippen molar-refractivity contribution >= 4 is 5.91 Å². The lowest BCUT2D eigenvalue weighted by atomic mass is 9.76. The summed E-state index contributed by atoms with van der Waals surface area (Å²) in [6.45, 7) is 19.9. The predicted octanol–water partition coefficient (Wildman–Crippen LogP) is 6.70. The van der Waals surface area contributed by atoms with Crippen molar-refractivity contribution in [2.24, 2.45) is 0 Å². The first-order valence-electron chi connectivity index (χ1n) is 13.4. The van der Waals surface area contributed by atoms with Gasteiger partial charge >= 0.3 is 0 Å². The van der Waals surface area contributed by atoms with E-state index in [-0.39, 0.29) is 41.2 Å². The van der Waals surface area contributed by atoms with Gasteiger partial charge in [-0.15, -0.1) is 0 Å². The van der Waals surface area contributed by atoms with Crippen LogP contribution in [0.3, 0.4) is 0 Å². The van der Waals surface area contributed by atoms with Crippen LogP contribution in [-0.4, -0.2) is 47.5 Å². The van der Waals surface area contributed by atoms with Crippen molar-refractivity contribution in [3.63, 3.8) is 0 Å². The second kappa shape index (κ2) is 11.3. The van der Waals surface area contributed by atoms with Gasteiger partial charge in [0.15, 0.2) is 6.61 Å². The molecule has 0 aromatic heterocycles. The first-order valence-corrected chi connectivity index (χ1v) is 13.4. The summed E-state index contributed by atoms with van der Waals surface area (Å²) >= 11 is 0. The molecule has 0 aliphatic carbocycles. The van der Waals surface area contributed by atoms with Gasteiger partial charge in [-0.3, -0.25) is 9.69 Å². The van der Waals surface area contributed by atoms with Crippen molar-refractivity contribution in [3.8, 4) is 5.75 Å². The molecule has 2 aromatic carbocycles. The van der Waals surface area contributed by atoms with Gasteiger partial charge in [0.1, 0.15) is 11.6 Å². The fourth-order valence-corrected chi connectivity index (χ4v) is 4.81. The van der Waals surface area contributed by atoms with Crippen LogP contribution < -0.4 is 4.74 Å². The van der Waals surface area contributed by atoms with Crippen molar-refractivity contribution in [2.45, 2.75) is 97.7 Å². The Morgan fingerprint density at radius 3 is 2.19 bits per heavy atom. The van der Waals surface area contributed by atoms with E-state index >= 15 is 0 Å². The molecule has 36 heavy (non-hydrogen) atoms. The van der Waals surface area contributed by atoms with Gasteiger partial charge in [0.05, 0.1) is 0 Å². The minimum atomic E-state index is -0.218. The number of hydrogen-bond acceptors (Lipinski definition) is 3. The molecular weight excluding hydrogens is 451 g/mol. The van der Waals surface area contributed by atoms with Crippen molar-refractivity contribution in [3.05, 3.63) is 65.0 Å². The number of hydrogen-bond donors (Lipinski definition) is 0. The zero-order valence-electron chi connectivity index (χ0n) is 23.5. The number of rotatable bonds is 9. The molecule has 0 radical (unpaired) electrons. The fraction of sp³-hybridized carbons (Fsp3) is 0.581. The highest BCUT2D eigenvalue weighted by molar-refractivity contribution is 5.78. The van der Waals surface area contributed by atoms with Crippen LogP contribution >= 0.6 is 0 Å². The highest BCUT2D eigenvalue weighted by atomic mass is 19.1. The van der Waals surface area contributed by atoms with Crippen molar-refractivity contribution < 1.29 is 13.9 Å². The van der Waals surface area contributed by atoms with Crippen LogP contribution in [0.5, 0.6) is 5.75 Å². The van der Waals surface area contributed by atoms with Crippen LogP contribution in [-0.2, 0) is 22.2 Å². The average Bonchev–Trinajstić information content (AvgIpc) is 2.85. The smallest absolute Gasteiger partial charge is 0.260 e. The molecule has 198 valence electrons. The normalized spacial score (nSPS) is 19.4. The van der Waals surface area contributed by atoms with E-state index in [0.29, 0.717) is 6.54 Å². The predicted molar refractivity (Wildman–Crippen MR) is 146 cm³/mol. The van der Waals surface area contributed by atoms with Gasteiger partial charge in [-0.2, -0.15) is 0 Å². The topological polar surface area (TPSA) is 32.8 Å². The number of ether oxygens (including phenoxy) is 1. The highest BCUT2D eigenvalue weighted by Crippen LogP contribution is 2.38. The standard InChI is InChI=1S/C31H45FN2O2/c1-9-30(5,6)25-13-16-28(27(17-25)31(7,8)10-2)36-21-29(35)34-19-22(3)33(18-23(34)4)20-24-11-14-26(32)15-12-24/h11-17,22-23H,9-10,18-21H2,1-8H3/t22-,23+/m1/s1. The highest BCUT2D eigenvalue weighted by Gasteiger charge is 2.33. The van der Waals surface area contributed by atoms with E-state index in [1.807, 2.05) is 17.0 Å². The first-order chi connectivity index (χ1) is 16.9. The molecule has 1 amide bonds. The molecule has 2 atom stereocenters. The molecule has 1 aliphatic rings. The number of benzene rings is 2. The third-order valence-corrected chi connectivity index (χ3v) is 8.34. The molecule has 4 nitrogen and oxygen atoms in total. The van der Waals surface area contributed by atoms with Crippen LogP contribution in [0.2, 0.25) is 0 Å². The number of piperazine rings is 1. The Hall–Kier alpha value is -2.40. The summed E-state index contributed by atoms with van der Waals surface area (Å²) in [7, 11) is 0. The van der Waals surface area contributed by atoms with Crippen LogP contribution in [0.1, 0.15) is 84.9 Å². The number of halogens is 1. The Morgan fingerprint density at radius 1 is 0.944 bits per heavy atom. The summed E-state index contributed by atoms with van der Waals surface area (Å²) in [6.07, 6.45) is 2.04. The molecular formula is C31H45FN2O2. The van der Waals surface area contributed by atoms with Gasteiger partial charge in [-0.05, 0) is 66.8 Å². The lowest BCUT2D eigenvalue weighted by molar-refractivity contribution is -0.139. The molecule has 1 fully saturated rings. The van der Waals surface area contributed by atoms with Crippen LogP contribution in [0.25, 0.3) is 0 Å². The molecule has 5 heteroatoms. The molecule has 2 aromatic rings. The Morgan fingerprint density at radius 2 is 1.58 bits per heavy atom. The van der Waals surface area contributed by atoms with Gasteiger partial charge in [0.25, 0.3) is 5.91 Å². The van der Waals surface area contributed by atoms with E-state index in [9.17, 15) is 9.18 Å². The van der Waals surface area contributed by atoms with E-state index in [2.05, 4.69) is 78.5 Å². The third kappa shape index (κ3) is 6.47. The second-order valence-electron chi connectivity index (χ2n) is 11.8. The molecule has 3 rings (SSSR count). The molecule has 1 saturated heterocycles. The van der Waals surface area contributed by atoms with E-state index < -0.39 is 0 Å². The van der Waals surface area contributed by atoms with E-state index in [4.69, 9.17) is 4.74 Å². The minimum Gasteiger partial charge on any atom is -0.483 e. The summed E-state index contributed by atoms with van der Waals surface area (Å²) in [5, 5.41) is 0. The second-order valence-corrected chi connectivity index (χ2v) is 11.8. The SMILES string of the molecule is CCC(C)(C)c1ccc(OCC(=O)N2C[C@@H](C)N(Cc3ccc(F)cc3)C[C@@H]2C)c(C(C)(C)CC)c1. The van der Waals surface area contributed by atoms with E-state index in [1.54, 1.807) is 0 Å². The first kappa shape index (κ1) is 28.2. The summed E-state index contributed by atoms with van der Waals surface area (Å²) in [6, 6.07) is 13.5. The van der Waals surface area contributed by atoms with Gasteiger partial charge in [0.2, 0.25) is 0 Å². The maximum atomic E-state index is 13.3. The number of carbonyl (C=O) groups excluding carboxylic acids is 1. The minimum absolute atomic E-state index is 0.0222. The summed E-state index contributed by atoms with van der Waals surface area (Å²) in [5.41, 5.74) is 3.60. The zero-order valence-corrected chi connectivity index (χ0v) is 23.5. The molecule has 0 bridgehead atoms. The Bertz CT molecular complexity index is 1030. The van der Waals surface area contributed by atoms with Gasteiger partial charge in [0, 0.05) is 37.3 Å². The van der Waals surface area contributed by atoms with E-state index in [0.717, 1.165) is 37.2 Å². The molecule has 0 saturated carbocycles. The van der Waals surface area contributed by atoms with Gasteiger partial charge < -0.3 is 9.64 Å². The van der Waals surface area contributed by atoms with Crippen LogP contribution in [0, 0.1) is 5.82 Å². The molecule has 0 N–H and O–H groups in total. The lowest BCUT2D eigenvalue weighted by Gasteiger charge is -2.44. The fourth-order valence-electron chi connectivity index (χ4n) is 4.81. The monoisotopic (exact) mass is 496 g/mol. The lowest BCUT2D eigenvalue weighted by Crippen LogP contribution is -2.58. The van der Waals surface area contributed by atoms with Gasteiger partial charge in [-0.1, -0.05) is 65.8 Å². The largest absolute Gasteiger partial charge is 0.483 e. The van der Waals surface area contributed by atoms with Crippen LogP contribution in [0.4, 0.5) is 4.39 Å². The number of nitrogens with zero attached hydrogens (tertiary/aromatic N) is 2. The van der Waals surface area contributed by atoms with Crippen LogP contribution in [0.15, 0.2) is 42.5 Å². The van der Waals surface area contributed by atoms with Crippen molar-refractivity contribution in [2.75, 3.05) is 19.7 Å². The Balaban J connectivity index is 1.69. The van der Waals surface area contributed by atoms with Gasteiger partial charge in [-0.25, -0.2) is 4.39 Å². The average molecular weight is 497 g/mol. The molecule has 1 aliphatic heterocycles. The number of carbonyl (C=O) groups is 1. The van der Waals surface area contributed by atoms with E-state index in [1.165, 1.54) is 23.3 Å². The Labute approximate surface area is 217 Å². The maximum absolute atomic E-state index is 13.3. The summed E-state index contributed by atoms with van der Waals surface area (Å²) in [4.78, 5) is 17.6. The quantitative estimate of drug-likeness (QED) is 0.387. The summed E-state index contributed by atoms with van der Waals surface area (Å²) < 4.78 is 19.5. The number of amides is 1.